The second-order valence-electron chi connectivity index (χ2n) is 5.05. The Balaban J connectivity index is 0.00000132. The molecule has 0 bridgehead atoms. The SMILES string of the molecule is CC(=O)Nc1nc(CN2CCNCc3ccccc32)cs1.Cl.Cl. The Bertz CT molecular complexity index is 650. The summed E-state index contributed by atoms with van der Waals surface area (Å²) < 4.78 is 0. The van der Waals surface area contributed by atoms with Crippen LogP contribution in [-0.2, 0) is 17.9 Å². The van der Waals surface area contributed by atoms with Crippen LogP contribution in [0.1, 0.15) is 18.2 Å². The lowest BCUT2D eigenvalue weighted by molar-refractivity contribution is -0.114. The van der Waals surface area contributed by atoms with Gasteiger partial charge in [-0.2, -0.15) is 0 Å². The van der Waals surface area contributed by atoms with E-state index in [0.717, 1.165) is 31.9 Å². The quantitative estimate of drug-likeness (QED) is 0.866. The van der Waals surface area contributed by atoms with Crippen LogP contribution in [0.15, 0.2) is 29.6 Å². The molecule has 3 rings (SSSR count). The molecule has 126 valence electrons. The van der Waals surface area contributed by atoms with Crippen molar-refractivity contribution < 1.29 is 4.79 Å². The minimum atomic E-state index is -0.0831. The maximum absolute atomic E-state index is 11.1. The van der Waals surface area contributed by atoms with E-state index in [-0.39, 0.29) is 30.7 Å². The molecule has 2 heterocycles. The molecule has 0 atom stereocenters. The molecule has 2 N–H and O–H groups in total. The molecule has 1 aliphatic heterocycles. The van der Waals surface area contributed by atoms with Crippen LogP contribution in [0.4, 0.5) is 10.8 Å². The van der Waals surface area contributed by atoms with E-state index >= 15 is 0 Å². The topological polar surface area (TPSA) is 57.3 Å². The van der Waals surface area contributed by atoms with Gasteiger partial charge in [0, 0.05) is 37.6 Å². The van der Waals surface area contributed by atoms with Gasteiger partial charge in [0.1, 0.15) is 0 Å². The normalized spacial score (nSPS) is 13.2. The molecule has 1 amide bonds. The highest BCUT2D eigenvalue weighted by atomic mass is 35.5. The zero-order valence-electron chi connectivity index (χ0n) is 12.7. The van der Waals surface area contributed by atoms with E-state index in [9.17, 15) is 4.79 Å². The van der Waals surface area contributed by atoms with Crippen LogP contribution < -0.4 is 15.5 Å². The summed E-state index contributed by atoms with van der Waals surface area (Å²) in [4.78, 5) is 17.9. The van der Waals surface area contributed by atoms with Crippen molar-refractivity contribution >= 4 is 52.9 Å². The fourth-order valence-electron chi connectivity index (χ4n) is 2.47. The number of hydrogen-bond acceptors (Lipinski definition) is 5. The lowest BCUT2D eigenvalue weighted by atomic mass is 10.1. The van der Waals surface area contributed by atoms with E-state index in [1.807, 2.05) is 5.38 Å². The van der Waals surface area contributed by atoms with Crippen LogP contribution in [0.3, 0.4) is 0 Å². The number of para-hydroxylation sites is 1. The van der Waals surface area contributed by atoms with Crippen molar-refractivity contribution in [1.29, 1.82) is 0 Å². The molecule has 2 aromatic rings. The first-order valence-electron chi connectivity index (χ1n) is 6.98. The number of nitrogens with zero attached hydrogens (tertiary/aromatic N) is 2. The zero-order chi connectivity index (χ0) is 14.7. The summed E-state index contributed by atoms with van der Waals surface area (Å²) in [6.45, 7) is 5.06. The number of benzene rings is 1. The van der Waals surface area contributed by atoms with Gasteiger partial charge < -0.3 is 15.5 Å². The van der Waals surface area contributed by atoms with Gasteiger partial charge in [0.05, 0.1) is 12.2 Å². The van der Waals surface area contributed by atoms with Crippen LogP contribution in [0.25, 0.3) is 0 Å². The molecule has 0 saturated heterocycles. The Labute approximate surface area is 152 Å². The van der Waals surface area contributed by atoms with E-state index in [4.69, 9.17) is 0 Å². The Morgan fingerprint density at radius 2 is 2.17 bits per heavy atom. The van der Waals surface area contributed by atoms with Crippen molar-refractivity contribution in [3.05, 3.63) is 40.9 Å². The first-order chi connectivity index (χ1) is 10.2. The summed E-state index contributed by atoms with van der Waals surface area (Å²) in [5, 5.41) is 8.84. The average Bonchev–Trinajstić information content (AvgIpc) is 2.78. The molecule has 8 heteroatoms. The largest absolute Gasteiger partial charge is 0.364 e. The maximum Gasteiger partial charge on any atom is 0.223 e. The molecular weight excluding hydrogens is 355 g/mol. The van der Waals surface area contributed by atoms with Crippen molar-refractivity contribution in [3.8, 4) is 0 Å². The van der Waals surface area contributed by atoms with Crippen LogP contribution in [0.5, 0.6) is 0 Å². The first-order valence-corrected chi connectivity index (χ1v) is 7.86. The van der Waals surface area contributed by atoms with Gasteiger partial charge in [-0.15, -0.1) is 36.2 Å². The number of carbonyl (C=O) groups is 1. The smallest absolute Gasteiger partial charge is 0.223 e. The molecule has 1 aromatic heterocycles. The monoisotopic (exact) mass is 374 g/mol. The Morgan fingerprint density at radius 1 is 1.39 bits per heavy atom. The van der Waals surface area contributed by atoms with Gasteiger partial charge in [-0.25, -0.2) is 4.98 Å². The summed E-state index contributed by atoms with van der Waals surface area (Å²) in [5.74, 6) is -0.0831. The third-order valence-corrected chi connectivity index (χ3v) is 4.20. The number of hydrogen-bond donors (Lipinski definition) is 2. The van der Waals surface area contributed by atoms with Crippen molar-refractivity contribution in [3.63, 3.8) is 0 Å². The van der Waals surface area contributed by atoms with E-state index < -0.39 is 0 Å². The number of carbonyl (C=O) groups excluding carboxylic acids is 1. The summed E-state index contributed by atoms with van der Waals surface area (Å²) in [6, 6.07) is 8.45. The third kappa shape index (κ3) is 5.07. The van der Waals surface area contributed by atoms with Gasteiger partial charge >= 0.3 is 0 Å². The summed E-state index contributed by atoms with van der Waals surface area (Å²) in [7, 11) is 0. The van der Waals surface area contributed by atoms with Crippen LogP contribution in [0, 0.1) is 0 Å². The molecule has 0 spiro atoms. The molecule has 1 aromatic carbocycles. The predicted molar refractivity (Wildman–Crippen MR) is 100 cm³/mol. The van der Waals surface area contributed by atoms with Gasteiger partial charge in [-0.3, -0.25) is 4.79 Å². The molecule has 1 aliphatic rings. The van der Waals surface area contributed by atoms with Crippen LogP contribution in [-0.4, -0.2) is 24.0 Å². The minimum Gasteiger partial charge on any atom is -0.364 e. The predicted octanol–water partition coefficient (Wildman–Crippen LogP) is 3.05. The Kier molecular flexibility index (Phi) is 7.78. The van der Waals surface area contributed by atoms with E-state index in [2.05, 4.69) is 44.8 Å². The van der Waals surface area contributed by atoms with Crippen molar-refractivity contribution in [2.24, 2.45) is 0 Å². The third-order valence-electron chi connectivity index (χ3n) is 3.39. The fourth-order valence-corrected chi connectivity index (χ4v) is 3.22. The average molecular weight is 375 g/mol. The second-order valence-corrected chi connectivity index (χ2v) is 5.91. The fraction of sp³-hybridized carbons (Fsp3) is 0.333. The summed E-state index contributed by atoms with van der Waals surface area (Å²) >= 11 is 1.47. The minimum absolute atomic E-state index is 0. The molecule has 5 nitrogen and oxygen atoms in total. The molecule has 0 radical (unpaired) electrons. The number of amides is 1. The van der Waals surface area contributed by atoms with E-state index in [1.54, 1.807) is 0 Å². The van der Waals surface area contributed by atoms with E-state index in [1.165, 1.54) is 29.5 Å². The van der Waals surface area contributed by atoms with Crippen LogP contribution >= 0.6 is 36.2 Å². The number of thiazole rings is 1. The molecular formula is C15H20Cl2N4OS. The molecule has 0 fully saturated rings. The number of rotatable bonds is 3. The molecule has 0 saturated carbocycles. The van der Waals surface area contributed by atoms with Crippen LogP contribution in [0.2, 0.25) is 0 Å². The zero-order valence-corrected chi connectivity index (χ0v) is 15.2. The standard InChI is InChI=1S/C15H18N4OS.2ClH/c1-11(20)17-15-18-13(10-21-15)9-19-7-6-16-8-12-4-2-3-5-14(12)19;;/h2-5,10,16H,6-9H2,1H3,(H,17,18,20);2*1H. The molecule has 0 unspecified atom stereocenters. The van der Waals surface area contributed by atoms with Crippen molar-refractivity contribution in [2.45, 2.75) is 20.0 Å². The lowest BCUT2D eigenvalue weighted by Gasteiger charge is -2.23. The first kappa shape index (κ1) is 19.7. The molecule has 0 aliphatic carbocycles. The second kappa shape index (κ2) is 9.08. The number of fused-ring (bicyclic) bond motifs is 1. The van der Waals surface area contributed by atoms with Gasteiger partial charge in [-0.05, 0) is 11.6 Å². The number of aromatic nitrogens is 1. The Hall–Kier alpha value is -1.34. The highest BCUT2D eigenvalue weighted by molar-refractivity contribution is 7.13. The lowest BCUT2D eigenvalue weighted by Crippen LogP contribution is -2.28. The van der Waals surface area contributed by atoms with E-state index in [0.29, 0.717) is 5.13 Å². The maximum atomic E-state index is 11.1. The van der Waals surface area contributed by atoms with Crippen molar-refractivity contribution in [2.75, 3.05) is 23.3 Å². The Morgan fingerprint density at radius 3 is 2.96 bits per heavy atom. The summed E-state index contributed by atoms with van der Waals surface area (Å²) in [6.07, 6.45) is 0. The number of nitrogens with one attached hydrogen (secondary N) is 2. The van der Waals surface area contributed by atoms with Gasteiger partial charge in [0.15, 0.2) is 5.13 Å². The van der Waals surface area contributed by atoms with Gasteiger partial charge in [-0.1, -0.05) is 18.2 Å². The van der Waals surface area contributed by atoms with Crippen molar-refractivity contribution in [1.82, 2.24) is 10.3 Å². The number of anilines is 2. The number of halogens is 2. The highest BCUT2D eigenvalue weighted by Gasteiger charge is 2.16. The van der Waals surface area contributed by atoms with Gasteiger partial charge in [0.25, 0.3) is 0 Å². The molecule has 23 heavy (non-hydrogen) atoms. The summed E-state index contributed by atoms with van der Waals surface area (Å²) in [5.41, 5.74) is 3.56. The van der Waals surface area contributed by atoms with Gasteiger partial charge in [0.2, 0.25) is 5.91 Å². The highest BCUT2D eigenvalue weighted by Crippen LogP contribution is 2.25.